The molecule has 1 rings (SSSR count). The SMILES string of the molecule is CC(C)COC(=O)[C@]1(O)CC[C@@H](O)CC1. The van der Waals surface area contributed by atoms with E-state index in [0.717, 1.165) is 0 Å². The lowest BCUT2D eigenvalue weighted by Gasteiger charge is -2.32. The van der Waals surface area contributed by atoms with Crippen LogP contribution in [0.4, 0.5) is 0 Å². The zero-order chi connectivity index (χ0) is 11.5. The zero-order valence-corrected chi connectivity index (χ0v) is 9.40. The molecule has 0 unspecified atom stereocenters. The average Bonchev–Trinajstić information content (AvgIpc) is 2.19. The minimum Gasteiger partial charge on any atom is -0.463 e. The summed E-state index contributed by atoms with van der Waals surface area (Å²) in [5.41, 5.74) is -1.37. The summed E-state index contributed by atoms with van der Waals surface area (Å²) in [5, 5.41) is 19.3. The third-order valence-electron chi connectivity index (χ3n) is 2.71. The average molecular weight is 216 g/mol. The maximum absolute atomic E-state index is 11.6. The number of rotatable bonds is 3. The first kappa shape index (κ1) is 12.5. The van der Waals surface area contributed by atoms with Crippen LogP contribution in [0.15, 0.2) is 0 Å². The van der Waals surface area contributed by atoms with E-state index in [2.05, 4.69) is 0 Å². The van der Waals surface area contributed by atoms with E-state index in [9.17, 15) is 15.0 Å². The fourth-order valence-electron chi connectivity index (χ4n) is 1.66. The molecule has 1 fully saturated rings. The van der Waals surface area contributed by atoms with Crippen molar-refractivity contribution in [3.63, 3.8) is 0 Å². The smallest absolute Gasteiger partial charge is 0.338 e. The number of ether oxygens (including phenoxy) is 1. The van der Waals surface area contributed by atoms with Crippen molar-refractivity contribution in [1.29, 1.82) is 0 Å². The molecule has 0 aliphatic heterocycles. The van der Waals surface area contributed by atoms with Gasteiger partial charge in [0.1, 0.15) is 0 Å². The highest BCUT2D eigenvalue weighted by molar-refractivity contribution is 5.79. The van der Waals surface area contributed by atoms with Crippen molar-refractivity contribution in [3.8, 4) is 0 Å². The molecule has 1 aliphatic carbocycles. The molecule has 4 heteroatoms. The van der Waals surface area contributed by atoms with Crippen molar-refractivity contribution in [3.05, 3.63) is 0 Å². The molecule has 0 aromatic rings. The van der Waals surface area contributed by atoms with Crippen LogP contribution in [-0.4, -0.2) is 34.5 Å². The molecule has 0 saturated heterocycles. The lowest BCUT2D eigenvalue weighted by Crippen LogP contribution is -2.44. The Morgan fingerprint density at radius 2 is 2.00 bits per heavy atom. The fourth-order valence-corrected chi connectivity index (χ4v) is 1.66. The fraction of sp³-hybridized carbons (Fsp3) is 0.909. The topological polar surface area (TPSA) is 66.8 Å². The predicted octanol–water partition coefficient (Wildman–Crippen LogP) is 0.852. The number of aliphatic hydroxyl groups excluding tert-OH is 1. The van der Waals surface area contributed by atoms with Gasteiger partial charge in [0.25, 0.3) is 0 Å². The number of hydrogen-bond donors (Lipinski definition) is 2. The van der Waals surface area contributed by atoms with Gasteiger partial charge in [-0.3, -0.25) is 0 Å². The van der Waals surface area contributed by atoms with Crippen molar-refractivity contribution in [1.82, 2.24) is 0 Å². The van der Waals surface area contributed by atoms with E-state index in [4.69, 9.17) is 4.74 Å². The molecular formula is C11H20O4. The quantitative estimate of drug-likeness (QED) is 0.686. The second-order valence-corrected chi connectivity index (χ2v) is 4.76. The largest absolute Gasteiger partial charge is 0.463 e. The van der Waals surface area contributed by atoms with Crippen LogP contribution in [-0.2, 0) is 9.53 Å². The number of hydrogen-bond acceptors (Lipinski definition) is 4. The molecule has 2 N–H and O–H groups in total. The lowest BCUT2D eigenvalue weighted by molar-refractivity contribution is -0.172. The molecule has 88 valence electrons. The van der Waals surface area contributed by atoms with Gasteiger partial charge in [0.15, 0.2) is 5.60 Å². The van der Waals surface area contributed by atoms with Crippen LogP contribution in [0.25, 0.3) is 0 Å². The van der Waals surface area contributed by atoms with Crippen LogP contribution < -0.4 is 0 Å². The van der Waals surface area contributed by atoms with Gasteiger partial charge in [-0.1, -0.05) is 13.8 Å². The number of esters is 1. The Labute approximate surface area is 90.2 Å². The number of aliphatic hydroxyl groups is 2. The van der Waals surface area contributed by atoms with Gasteiger partial charge in [0, 0.05) is 0 Å². The summed E-state index contributed by atoms with van der Waals surface area (Å²) in [6.07, 6.45) is 1.14. The van der Waals surface area contributed by atoms with Gasteiger partial charge in [-0.2, -0.15) is 0 Å². The van der Waals surface area contributed by atoms with Crippen molar-refractivity contribution >= 4 is 5.97 Å². The maximum atomic E-state index is 11.6. The summed E-state index contributed by atoms with van der Waals surface area (Å²) in [4.78, 5) is 11.6. The summed E-state index contributed by atoms with van der Waals surface area (Å²) in [6, 6.07) is 0. The van der Waals surface area contributed by atoms with Crippen LogP contribution in [0.5, 0.6) is 0 Å². The Morgan fingerprint density at radius 3 is 2.47 bits per heavy atom. The molecule has 0 atom stereocenters. The van der Waals surface area contributed by atoms with Gasteiger partial charge in [-0.05, 0) is 31.6 Å². The molecule has 0 aromatic heterocycles. The highest BCUT2D eigenvalue weighted by Crippen LogP contribution is 2.29. The molecule has 0 aromatic carbocycles. The summed E-state index contributed by atoms with van der Waals surface area (Å²) in [6.45, 7) is 4.23. The van der Waals surface area contributed by atoms with Crippen molar-refractivity contribution in [2.24, 2.45) is 5.92 Å². The summed E-state index contributed by atoms with van der Waals surface area (Å²) >= 11 is 0. The van der Waals surface area contributed by atoms with E-state index in [1.54, 1.807) is 0 Å². The first-order valence-electron chi connectivity index (χ1n) is 5.52. The van der Waals surface area contributed by atoms with Crippen LogP contribution in [0.3, 0.4) is 0 Å². The summed E-state index contributed by atoms with van der Waals surface area (Å²) in [7, 11) is 0. The summed E-state index contributed by atoms with van der Waals surface area (Å²) < 4.78 is 5.01. The van der Waals surface area contributed by atoms with Gasteiger partial charge in [0.2, 0.25) is 0 Å². The summed E-state index contributed by atoms with van der Waals surface area (Å²) in [5.74, 6) is -0.269. The number of carbonyl (C=O) groups excluding carboxylic acids is 1. The van der Waals surface area contributed by atoms with Gasteiger partial charge in [0.05, 0.1) is 12.7 Å². The lowest BCUT2D eigenvalue weighted by atomic mass is 9.83. The Hall–Kier alpha value is -0.610. The van der Waals surface area contributed by atoms with Crippen molar-refractivity contribution < 1.29 is 19.7 Å². The molecule has 15 heavy (non-hydrogen) atoms. The van der Waals surface area contributed by atoms with Crippen LogP contribution in [0.2, 0.25) is 0 Å². The third-order valence-corrected chi connectivity index (χ3v) is 2.71. The monoisotopic (exact) mass is 216 g/mol. The Bertz CT molecular complexity index is 217. The first-order valence-corrected chi connectivity index (χ1v) is 5.52. The van der Waals surface area contributed by atoms with Crippen molar-refractivity contribution in [2.75, 3.05) is 6.61 Å². The molecule has 0 heterocycles. The molecule has 0 bridgehead atoms. The van der Waals surface area contributed by atoms with E-state index >= 15 is 0 Å². The highest BCUT2D eigenvalue weighted by atomic mass is 16.5. The molecule has 1 saturated carbocycles. The van der Waals surface area contributed by atoms with Gasteiger partial charge in [-0.25, -0.2) is 4.79 Å². The predicted molar refractivity (Wildman–Crippen MR) is 55.2 cm³/mol. The Balaban J connectivity index is 2.43. The van der Waals surface area contributed by atoms with Crippen LogP contribution in [0.1, 0.15) is 39.5 Å². The molecule has 0 spiro atoms. The van der Waals surface area contributed by atoms with E-state index in [0.29, 0.717) is 32.3 Å². The highest BCUT2D eigenvalue weighted by Gasteiger charge is 2.40. The Kier molecular flexibility index (Phi) is 4.11. The number of carbonyl (C=O) groups is 1. The minimum absolute atomic E-state index is 0.270. The van der Waals surface area contributed by atoms with Crippen LogP contribution in [0, 0.1) is 5.92 Å². The van der Waals surface area contributed by atoms with Crippen LogP contribution >= 0.6 is 0 Å². The second-order valence-electron chi connectivity index (χ2n) is 4.76. The third kappa shape index (κ3) is 3.47. The Morgan fingerprint density at radius 1 is 1.47 bits per heavy atom. The first-order chi connectivity index (χ1) is 6.94. The second kappa shape index (κ2) is 4.94. The maximum Gasteiger partial charge on any atom is 0.338 e. The van der Waals surface area contributed by atoms with E-state index in [1.165, 1.54) is 0 Å². The zero-order valence-electron chi connectivity index (χ0n) is 9.40. The standard InChI is InChI=1S/C11H20O4/c1-8(2)7-15-10(13)11(14)5-3-9(12)4-6-11/h8-9,12,14H,3-7H2,1-2H3/t9-,11+. The molecular weight excluding hydrogens is 196 g/mol. The minimum atomic E-state index is -1.37. The molecule has 4 nitrogen and oxygen atoms in total. The van der Waals surface area contributed by atoms with E-state index < -0.39 is 11.6 Å². The van der Waals surface area contributed by atoms with E-state index in [-0.39, 0.29) is 12.0 Å². The molecule has 1 aliphatic rings. The van der Waals surface area contributed by atoms with Crippen molar-refractivity contribution in [2.45, 2.75) is 51.2 Å². The molecule has 0 radical (unpaired) electrons. The van der Waals surface area contributed by atoms with Gasteiger partial charge in [-0.15, -0.1) is 0 Å². The normalized spacial score (nSPS) is 31.7. The van der Waals surface area contributed by atoms with Gasteiger partial charge < -0.3 is 14.9 Å². The van der Waals surface area contributed by atoms with E-state index in [1.807, 2.05) is 13.8 Å². The molecule has 0 amide bonds. The van der Waals surface area contributed by atoms with Gasteiger partial charge >= 0.3 is 5.97 Å².